The first-order valence-corrected chi connectivity index (χ1v) is 5.90. The van der Waals surface area contributed by atoms with Crippen LogP contribution in [0.15, 0.2) is 12.2 Å². The molecule has 0 aromatic rings. The summed E-state index contributed by atoms with van der Waals surface area (Å²) >= 11 is 1.67. The van der Waals surface area contributed by atoms with Crippen molar-refractivity contribution in [1.29, 1.82) is 0 Å². The Morgan fingerprint density at radius 1 is 1.40 bits per heavy atom. The van der Waals surface area contributed by atoms with Crippen LogP contribution >= 0.6 is 11.8 Å². The molecule has 0 spiro atoms. The van der Waals surface area contributed by atoms with Gasteiger partial charge in [0.1, 0.15) is 5.60 Å². The van der Waals surface area contributed by atoms with Crippen molar-refractivity contribution in [2.24, 2.45) is 0 Å². The molecule has 0 unspecified atom stereocenters. The largest absolute Gasteiger partial charge is 0.478 e. The fourth-order valence-electron chi connectivity index (χ4n) is 0.845. The first-order chi connectivity index (χ1) is 6.87. The molecule has 0 amide bonds. The zero-order chi connectivity index (χ0) is 11.9. The van der Waals surface area contributed by atoms with Gasteiger partial charge < -0.3 is 9.84 Å². The summed E-state index contributed by atoms with van der Waals surface area (Å²) in [5.74, 6) is -0.888. The van der Waals surface area contributed by atoms with Crippen LogP contribution in [-0.2, 0) is 14.3 Å². The molecule has 0 aliphatic carbocycles. The molecule has 0 aromatic heterocycles. The molecule has 0 aliphatic heterocycles. The molecule has 1 N–H and O–H groups in total. The third kappa shape index (κ3) is 8.05. The van der Waals surface area contributed by atoms with Crippen molar-refractivity contribution in [3.8, 4) is 0 Å². The standard InChI is InChI=1S/C10H16O4S/c1-10(2,6-7-15-3)14-9(13)5-4-8(11)12/h4-5H,6-7H2,1-3H3,(H,11,12)/b5-4+. The van der Waals surface area contributed by atoms with Crippen LogP contribution in [0.5, 0.6) is 0 Å². The van der Waals surface area contributed by atoms with E-state index in [0.717, 1.165) is 24.3 Å². The van der Waals surface area contributed by atoms with Crippen molar-refractivity contribution in [3.05, 3.63) is 12.2 Å². The Hall–Kier alpha value is -0.970. The molecular weight excluding hydrogens is 216 g/mol. The quantitative estimate of drug-likeness (QED) is 0.558. The molecule has 0 aliphatic rings. The Balaban J connectivity index is 4.09. The minimum Gasteiger partial charge on any atom is -0.478 e. The Labute approximate surface area is 93.7 Å². The van der Waals surface area contributed by atoms with Crippen molar-refractivity contribution in [1.82, 2.24) is 0 Å². The Morgan fingerprint density at radius 2 is 2.00 bits per heavy atom. The molecule has 0 rings (SSSR count). The molecule has 0 saturated carbocycles. The fourth-order valence-corrected chi connectivity index (χ4v) is 1.54. The second kappa shape index (κ2) is 6.50. The van der Waals surface area contributed by atoms with Gasteiger partial charge in [0, 0.05) is 12.2 Å². The number of esters is 1. The number of carboxylic acids is 1. The van der Waals surface area contributed by atoms with Crippen molar-refractivity contribution in [2.45, 2.75) is 25.9 Å². The number of carbonyl (C=O) groups excluding carboxylic acids is 1. The van der Waals surface area contributed by atoms with Crippen LogP contribution < -0.4 is 0 Å². The van der Waals surface area contributed by atoms with E-state index in [4.69, 9.17) is 9.84 Å². The zero-order valence-corrected chi connectivity index (χ0v) is 9.97. The number of aliphatic carboxylic acids is 1. The first-order valence-electron chi connectivity index (χ1n) is 4.50. The van der Waals surface area contributed by atoms with E-state index in [0.29, 0.717) is 0 Å². The van der Waals surface area contributed by atoms with Gasteiger partial charge in [0.25, 0.3) is 0 Å². The van der Waals surface area contributed by atoms with Crippen LogP contribution in [0, 0.1) is 0 Å². The molecule has 0 heterocycles. The van der Waals surface area contributed by atoms with Gasteiger partial charge in [0.2, 0.25) is 0 Å². The highest BCUT2D eigenvalue weighted by Gasteiger charge is 2.21. The molecule has 0 radical (unpaired) electrons. The number of thioether (sulfide) groups is 1. The number of carbonyl (C=O) groups is 2. The van der Waals surface area contributed by atoms with Crippen molar-refractivity contribution < 1.29 is 19.4 Å². The van der Waals surface area contributed by atoms with Gasteiger partial charge in [-0.15, -0.1) is 0 Å². The summed E-state index contributed by atoms with van der Waals surface area (Å²) in [5.41, 5.74) is -0.553. The highest BCUT2D eigenvalue weighted by atomic mass is 32.2. The maximum Gasteiger partial charge on any atom is 0.331 e. The number of hydrogen-bond donors (Lipinski definition) is 1. The molecule has 0 atom stereocenters. The molecule has 0 fully saturated rings. The van der Waals surface area contributed by atoms with E-state index >= 15 is 0 Å². The van der Waals surface area contributed by atoms with Gasteiger partial charge in [-0.05, 0) is 32.3 Å². The Morgan fingerprint density at radius 3 is 2.47 bits per heavy atom. The van der Waals surface area contributed by atoms with Gasteiger partial charge >= 0.3 is 11.9 Å². The zero-order valence-electron chi connectivity index (χ0n) is 9.15. The number of hydrogen-bond acceptors (Lipinski definition) is 4. The first kappa shape index (κ1) is 14.0. The summed E-state index contributed by atoms with van der Waals surface area (Å²) in [4.78, 5) is 21.3. The van der Waals surface area contributed by atoms with E-state index in [-0.39, 0.29) is 0 Å². The van der Waals surface area contributed by atoms with E-state index in [2.05, 4.69) is 0 Å². The normalized spacial score (nSPS) is 11.7. The molecule has 86 valence electrons. The molecular formula is C10H16O4S. The monoisotopic (exact) mass is 232 g/mol. The molecule has 5 heteroatoms. The summed E-state index contributed by atoms with van der Waals surface area (Å²) in [6.07, 6.45) is 4.40. The van der Waals surface area contributed by atoms with Crippen molar-refractivity contribution in [3.63, 3.8) is 0 Å². The summed E-state index contributed by atoms with van der Waals surface area (Å²) in [6.45, 7) is 3.60. The predicted octanol–water partition coefficient (Wildman–Crippen LogP) is 1.70. The lowest BCUT2D eigenvalue weighted by Gasteiger charge is -2.23. The van der Waals surface area contributed by atoms with Gasteiger partial charge in [-0.1, -0.05) is 0 Å². The van der Waals surface area contributed by atoms with Crippen LogP contribution in [-0.4, -0.2) is 34.7 Å². The summed E-state index contributed by atoms with van der Waals surface area (Å²) in [6, 6.07) is 0. The topological polar surface area (TPSA) is 63.6 Å². The second-order valence-electron chi connectivity index (χ2n) is 3.60. The van der Waals surface area contributed by atoms with Gasteiger partial charge in [-0.3, -0.25) is 0 Å². The van der Waals surface area contributed by atoms with Gasteiger partial charge in [0.15, 0.2) is 0 Å². The minimum atomic E-state index is -1.16. The number of ether oxygens (including phenoxy) is 1. The number of rotatable bonds is 6. The van der Waals surface area contributed by atoms with Gasteiger partial charge in [0.05, 0.1) is 0 Å². The molecule has 15 heavy (non-hydrogen) atoms. The maximum atomic E-state index is 11.1. The van der Waals surface area contributed by atoms with Gasteiger partial charge in [-0.2, -0.15) is 11.8 Å². The van der Waals surface area contributed by atoms with Crippen LogP contribution in [0.3, 0.4) is 0 Å². The maximum absolute atomic E-state index is 11.1. The highest BCUT2D eigenvalue weighted by Crippen LogP contribution is 2.17. The molecule has 0 saturated heterocycles. The van der Waals surface area contributed by atoms with Crippen LogP contribution in [0.25, 0.3) is 0 Å². The third-order valence-corrected chi connectivity index (χ3v) is 2.26. The average Bonchev–Trinajstić information content (AvgIpc) is 2.11. The highest BCUT2D eigenvalue weighted by molar-refractivity contribution is 7.98. The van der Waals surface area contributed by atoms with E-state index in [1.165, 1.54) is 0 Å². The SMILES string of the molecule is CSCCC(C)(C)OC(=O)/C=C/C(=O)O. The lowest BCUT2D eigenvalue weighted by atomic mass is 10.1. The lowest BCUT2D eigenvalue weighted by molar-refractivity contribution is -0.150. The second-order valence-corrected chi connectivity index (χ2v) is 4.58. The molecule has 0 bridgehead atoms. The molecule has 0 aromatic carbocycles. The Kier molecular flexibility index (Phi) is 6.08. The minimum absolute atomic E-state index is 0.553. The predicted molar refractivity (Wildman–Crippen MR) is 59.9 cm³/mol. The van der Waals surface area contributed by atoms with E-state index in [1.807, 2.05) is 6.26 Å². The lowest BCUT2D eigenvalue weighted by Crippen LogP contribution is -2.28. The van der Waals surface area contributed by atoms with E-state index in [9.17, 15) is 9.59 Å². The summed E-state index contributed by atoms with van der Waals surface area (Å²) in [7, 11) is 0. The van der Waals surface area contributed by atoms with Crippen molar-refractivity contribution >= 4 is 23.7 Å². The van der Waals surface area contributed by atoms with Crippen LogP contribution in [0.2, 0.25) is 0 Å². The van der Waals surface area contributed by atoms with E-state index < -0.39 is 17.5 Å². The number of carboxylic acid groups (broad SMARTS) is 1. The van der Waals surface area contributed by atoms with Crippen LogP contribution in [0.4, 0.5) is 0 Å². The average molecular weight is 232 g/mol. The van der Waals surface area contributed by atoms with Crippen LogP contribution in [0.1, 0.15) is 20.3 Å². The smallest absolute Gasteiger partial charge is 0.331 e. The van der Waals surface area contributed by atoms with Crippen molar-refractivity contribution in [2.75, 3.05) is 12.0 Å². The third-order valence-electron chi connectivity index (χ3n) is 1.65. The fraction of sp³-hybridized carbons (Fsp3) is 0.600. The summed E-state index contributed by atoms with van der Waals surface area (Å²) in [5, 5.41) is 8.30. The van der Waals surface area contributed by atoms with Gasteiger partial charge in [-0.25, -0.2) is 9.59 Å². The summed E-state index contributed by atoms with van der Waals surface area (Å²) < 4.78 is 5.09. The molecule has 4 nitrogen and oxygen atoms in total. The van der Waals surface area contributed by atoms with E-state index in [1.54, 1.807) is 25.6 Å². The Bertz CT molecular complexity index is 258.